The van der Waals surface area contributed by atoms with Gasteiger partial charge in [-0.15, -0.1) is 0 Å². The van der Waals surface area contributed by atoms with Crippen molar-refractivity contribution in [3.63, 3.8) is 0 Å². The number of rotatable bonds is 4. The van der Waals surface area contributed by atoms with E-state index < -0.39 is 0 Å². The number of carbonyl (C=O) groups is 1. The van der Waals surface area contributed by atoms with E-state index in [1.807, 2.05) is 0 Å². The van der Waals surface area contributed by atoms with Gasteiger partial charge in [-0.2, -0.15) is 0 Å². The molecule has 4 heteroatoms. The van der Waals surface area contributed by atoms with Crippen LogP contribution in [0.4, 0.5) is 0 Å². The lowest BCUT2D eigenvalue weighted by atomic mass is 10.1. The Morgan fingerprint density at radius 2 is 2.12 bits per heavy atom. The maximum atomic E-state index is 12.4. The summed E-state index contributed by atoms with van der Waals surface area (Å²) < 4.78 is 5.52. The number of methoxy groups -OCH3 is 1. The maximum absolute atomic E-state index is 12.4. The van der Waals surface area contributed by atoms with Crippen molar-refractivity contribution in [3.8, 4) is 0 Å². The molecule has 98 valence electrons. The van der Waals surface area contributed by atoms with Crippen molar-refractivity contribution in [1.82, 2.24) is 10.2 Å². The Hall–Kier alpha value is -0.610. The Labute approximate surface area is 104 Å². The third kappa shape index (κ3) is 2.20. The predicted octanol–water partition coefficient (Wildman–Crippen LogP) is 1.50. The van der Waals surface area contributed by atoms with Crippen LogP contribution in [0.15, 0.2) is 0 Å². The molecule has 2 aliphatic rings. The zero-order valence-corrected chi connectivity index (χ0v) is 11.1. The van der Waals surface area contributed by atoms with E-state index in [0.29, 0.717) is 0 Å². The standard InChI is InChI=1S/C13H24N2O2/c1-4-9-13(16)15(12(5-2)14-9)10-7-6-8-11(10)17-3/h9-12,14H,4-8H2,1-3H3. The Bertz CT molecular complexity index is 283. The fraction of sp³-hybridized carbons (Fsp3) is 0.923. The van der Waals surface area contributed by atoms with Crippen LogP contribution in [0.2, 0.25) is 0 Å². The Morgan fingerprint density at radius 1 is 1.35 bits per heavy atom. The van der Waals surface area contributed by atoms with Crippen LogP contribution in [0, 0.1) is 0 Å². The van der Waals surface area contributed by atoms with Gasteiger partial charge in [-0.1, -0.05) is 13.8 Å². The van der Waals surface area contributed by atoms with Crippen molar-refractivity contribution in [2.24, 2.45) is 0 Å². The van der Waals surface area contributed by atoms with E-state index in [-0.39, 0.29) is 30.3 Å². The molecule has 17 heavy (non-hydrogen) atoms. The zero-order valence-electron chi connectivity index (χ0n) is 11.1. The SMILES string of the molecule is CCC1NC(CC)N(C2CCCC2OC)C1=O. The highest BCUT2D eigenvalue weighted by Crippen LogP contribution is 2.31. The van der Waals surface area contributed by atoms with Crippen molar-refractivity contribution in [3.05, 3.63) is 0 Å². The average Bonchev–Trinajstić information content (AvgIpc) is 2.92. The van der Waals surface area contributed by atoms with Crippen LogP contribution >= 0.6 is 0 Å². The number of nitrogens with one attached hydrogen (secondary N) is 1. The summed E-state index contributed by atoms with van der Waals surface area (Å²) in [5, 5.41) is 3.43. The molecule has 1 saturated heterocycles. The molecule has 2 rings (SSSR count). The second-order valence-corrected chi connectivity index (χ2v) is 5.07. The molecule has 4 atom stereocenters. The highest BCUT2D eigenvalue weighted by molar-refractivity contribution is 5.84. The number of hydrogen-bond acceptors (Lipinski definition) is 3. The monoisotopic (exact) mass is 240 g/mol. The first-order valence-corrected chi connectivity index (χ1v) is 6.83. The number of nitrogens with zero attached hydrogens (tertiary/aromatic N) is 1. The van der Waals surface area contributed by atoms with Gasteiger partial charge in [-0.3, -0.25) is 10.1 Å². The largest absolute Gasteiger partial charge is 0.379 e. The highest BCUT2D eigenvalue weighted by atomic mass is 16.5. The Kier molecular flexibility index (Phi) is 4.05. The van der Waals surface area contributed by atoms with Gasteiger partial charge in [0.15, 0.2) is 0 Å². The average molecular weight is 240 g/mol. The fourth-order valence-corrected chi connectivity index (χ4v) is 3.22. The minimum atomic E-state index is 0.0121. The third-order valence-corrected chi connectivity index (χ3v) is 4.15. The van der Waals surface area contributed by atoms with E-state index in [2.05, 4.69) is 24.1 Å². The van der Waals surface area contributed by atoms with Crippen LogP contribution in [0.1, 0.15) is 46.0 Å². The quantitative estimate of drug-likeness (QED) is 0.809. The van der Waals surface area contributed by atoms with Gasteiger partial charge in [-0.25, -0.2) is 0 Å². The number of ether oxygens (including phenoxy) is 1. The van der Waals surface area contributed by atoms with Gasteiger partial charge >= 0.3 is 0 Å². The van der Waals surface area contributed by atoms with E-state index in [9.17, 15) is 4.79 Å². The molecule has 2 fully saturated rings. The van der Waals surface area contributed by atoms with E-state index in [0.717, 1.165) is 25.7 Å². The molecule has 1 saturated carbocycles. The number of hydrogen-bond donors (Lipinski definition) is 1. The lowest BCUT2D eigenvalue weighted by molar-refractivity contribution is -0.134. The van der Waals surface area contributed by atoms with Gasteiger partial charge < -0.3 is 9.64 Å². The maximum Gasteiger partial charge on any atom is 0.241 e. The summed E-state index contributed by atoms with van der Waals surface area (Å²) in [5.41, 5.74) is 0. The van der Waals surface area contributed by atoms with Crippen LogP contribution in [0.3, 0.4) is 0 Å². The van der Waals surface area contributed by atoms with E-state index in [4.69, 9.17) is 4.74 Å². The molecular formula is C13H24N2O2. The molecule has 0 aromatic carbocycles. The minimum absolute atomic E-state index is 0.0121. The molecule has 0 spiro atoms. The molecule has 0 aromatic heterocycles. The van der Waals surface area contributed by atoms with Crippen molar-refractivity contribution >= 4 is 5.91 Å². The molecule has 1 N–H and O–H groups in total. The minimum Gasteiger partial charge on any atom is -0.379 e. The van der Waals surface area contributed by atoms with Crippen molar-refractivity contribution in [2.75, 3.05) is 7.11 Å². The van der Waals surface area contributed by atoms with Crippen molar-refractivity contribution in [2.45, 2.75) is 70.3 Å². The summed E-state index contributed by atoms with van der Waals surface area (Å²) in [6.45, 7) is 4.20. The van der Waals surface area contributed by atoms with Gasteiger partial charge in [0, 0.05) is 7.11 Å². The third-order valence-electron chi connectivity index (χ3n) is 4.15. The van der Waals surface area contributed by atoms with Gasteiger partial charge in [-0.05, 0) is 32.1 Å². The summed E-state index contributed by atoms with van der Waals surface area (Å²) in [6, 6.07) is 0.291. The van der Waals surface area contributed by atoms with Crippen molar-refractivity contribution in [1.29, 1.82) is 0 Å². The smallest absolute Gasteiger partial charge is 0.241 e. The van der Waals surface area contributed by atoms with Gasteiger partial charge in [0.1, 0.15) is 0 Å². The normalized spacial score (nSPS) is 38.1. The molecular weight excluding hydrogens is 216 g/mol. The molecule has 1 aliphatic carbocycles. The Balaban J connectivity index is 2.14. The van der Waals surface area contributed by atoms with Gasteiger partial charge in [0.2, 0.25) is 5.91 Å². The molecule has 1 heterocycles. The molecule has 0 aromatic rings. The van der Waals surface area contributed by atoms with E-state index in [1.54, 1.807) is 7.11 Å². The van der Waals surface area contributed by atoms with Gasteiger partial charge in [0.05, 0.1) is 24.4 Å². The van der Waals surface area contributed by atoms with Crippen LogP contribution in [0.25, 0.3) is 0 Å². The fourth-order valence-electron chi connectivity index (χ4n) is 3.22. The van der Waals surface area contributed by atoms with E-state index in [1.165, 1.54) is 6.42 Å². The first kappa shape index (κ1) is 12.8. The summed E-state index contributed by atoms with van der Waals surface area (Å²) in [5.74, 6) is 0.272. The lowest BCUT2D eigenvalue weighted by Gasteiger charge is -2.33. The zero-order chi connectivity index (χ0) is 12.4. The second kappa shape index (κ2) is 5.36. The lowest BCUT2D eigenvalue weighted by Crippen LogP contribution is -2.48. The topological polar surface area (TPSA) is 41.6 Å². The summed E-state index contributed by atoms with van der Waals surface area (Å²) in [6.07, 6.45) is 5.60. The predicted molar refractivity (Wildman–Crippen MR) is 66.6 cm³/mol. The second-order valence-electron chi connectivity index (χ2n) is 5.07. The number of carbonyl (C=O) groups excluding carboxylic acids is 1. The molecule has 0 radical (unpaired) electrons. The molecule has 1 aliphatic heterocycles. The van der Waals surface area contributed by atoms with Crippen LogP contribution in [0.5, 0.6) is 0 Å². The molecule has 4 nitrogen and oxygen atoms in total. The first-order valence-electron chi connectivity index (χ1n) is 6.83. The Morgan fingerprint density at radius 3 is 2.71 bits per heavy atom. The highest BCUT2D eigenvalue weighted by Gasteiger charge is 2.44. The summed E-state index contributed by atoms with van der Waals surface area (Å²) >= 11 is 0. The molecule has 1 amide bonds. The first-order chi connectivity index (χ1) is 8.22. The van der Waals surface area contributed by atoms with Gasteiger partial charge in [0.25, 0.3) is 0 Å². The molecule has 0 bridgehead atoms. The van der Waals surface area contributed by atoms with Crippen LogP contribution in [-0.2, 0) is 9.53 Å². The summed E-state index contributed by atoms with van der Waals surface area (Å²) in [4.78, 5) is 14.4. The van der Waals surface area contributed by atoms with E-state index >= 15 is 0 Å². The van der Waals surface area contributed by atoms with Crippen LogP contribution in [-0.4, -0.2) is 42.3 Å². The van der Waals surface area contributed by atoms with Crippen molar-refractivity contribution < 1.29 is 9.53 Å². The molecule has 4 unspecified atom stereocenters. The summed E-state index contributed by atoms with van der Waals surface area (Å²) in [7, 11) is 1.76. The van der Waals surface area contributed by atoms with Crippen LogP contribution < -0.4 is 5.32 Å². The number of amides is 1.